The summed E-state index contributed by atoms with van der Waals surface area (Å²) in [4.78, 5) is -3.80. The molecule has 2 rings (SSSR count). The van der Waals surface area contributed by atoms with E-state index in [1.54, 1.807) is 0 Å². The van der Waals surface area contributed by atoms with Crippen LogP contribution in [0.2, 0.25) is 0 Å². The summed E-state index contributed by atoms with van der Waals surface area (Å²) in [5.74, 6) is 0. The summed E-state index contributed by atoms with van der Waals surface area (Å²) in [6, 6.07) is 0.995. The van der Waals surface area contributed by atoms with Gasteiger partial charge < -0.3 is 0 Å². The molecule has 0 fully saturated rings. The summed E-state index contributed by atoms with van der Waals surface area (Å²) >= 11 is 2.74. The van der Waals surface area contributed by atoms with E-state index in [4.69, 9.17) is 0 Å². The highest BCUT2D eigenvalue weighted by Gasteiger charge is 2.33. The maximum atomic E-state index is 12.1. The molecular weight excluding hydrogens is 742 g/mol. The number of benzene rings is 2. The summed E-state index contributed by atoms with van der Waals surface area (Å²) in [5.41, 5.74) is -2.58. The zero-order valence-electron chi connectivity index (χ0n) is 15.6. The quantitative estimate of drug-likeness (QED) is 0.255. The lowest BCUT2D eigenvalue weighted by atomic mass is 10.0. The lowest BCUT2D eigenvalue weighted by Crippen LogP contribution is -2.14. The molecule has 2 aromatic carbocycles. The first kappa shape index (κ1) is 27.8. The molecule has 18 heteroatoms. The van der Waals surface area contributed by atoms with E-state index in [1.807, 2.05) is 0 Å². The van der Waals surface area contributed by atoms with Crippen molar-refractivity contribution in [3.05, 3.63) is 30.4 Å². The van der Waals surface area contributed by atoms with Crippen molar-refractivity contribution in [1.29, 1.82) is 0 Å². The molecule has 0 aromatic heterocycles. The minimum absolute atomic E-state index is 0.341. The van der Waals surface area contributed by atoms with Crippen molar-refractivity contribution < 1.29 is 51.9 Å². The summed E-state index contributed by atoms with van der Waals surface area (Å²) < 4.78 is 134. The first-order valence-corrected chi connectivity index (χ1v) is 15.6. The van der Waals surface area contributed by atoms with Crippen LogP contribution in [0.1, 0.15) is 11.1 Å². The Balaban J connectivity index is 3.41. The SMILES string of the molecule is Cc1c(I)c(S(=O)(=O)O)cc(-c2cc(S(=O)(=O)O)c(I)c(C)c2S(=O)(=O)O)c1S(=O)(=O)O. The molecule has 0 atom stereocenters. The van der Waals surface area contributed by atoms with E-state index >= 15 is 0 Å². The van der Waals surface area contributed by atoms with Crippen LogP contribution in [0, 0.1) is 21.0 Å². The van der Waals surface area contributed by atoms with E-state index in [9.17, 15) is 51.9 Å². The average Bonchev–Trinajstić information content (AvgIpc) is 2.54. The highest BCUT2D eigenvalue weighted by atomic mass is 127. The molecule has 0 aliphatic rings. The van der Waals surface area contributed by atoms with Gasteiger partial charge in [0, 0.05) is 18.3 Å². The highest BCUT2D eigenvalue weighted by Crippen LogP contribution is 2.42. The van der Waals surface area contributed by atoms with Crippen LogP contribution in [-0.4, -0.2) is 51.9 Å². The van der Waals surface area contributed by atoms with Gasteiger partial charge >= 0.3 is 0 Å². The highest BCUT2D eigenvalue weighted by molar-refractivity contribution is 14.1. The van der Waals surface area contributed by atoms with Crippen molar-refractivity contribution in [2.75, 3.05) is 0 Å². The molecule has 32 heavy (non-hydrogen) atoms. The molecule has 0 bridgehead atoms. The van der Waals surface area contributed by atoms with E-state index in [1.165, 1.54) is 45.2 Å². The van der Waals surface area contributed by atoms with E-state index in [0.717, 1.165) is 13.8 Å². The van der Waals surface area contributed by atoms with E-state index in [2.05, 4.69) is 0 Å². The predicted octanol–water partition coefficient (Wildman–Crippen LogP) is 2.17. The Labute approximate surface area is 210 Å². The standard InChI is InChI=1S/C14H12I2O12S4/c1-5-11(15)9(29(17,18)19)3-7(13(5)31(23,24)25)8-4-10(30(20,21)22)12(16)6(2)14(8)32(26,27)28/h3-4H,1-2H3,(H,17,18,19)(H,20,21,22)(H,23,24,25)(H,26,27,28). The first-order chi connectivity index (χ1) is 14.1. The van der Waals surface area contributed by atoms with Gasteiger partial charge in [0.25, 0.3) is 40.5 Å². The van der Waals surface area contributed by atoms with Gasteiger partial charge in [0.2, 0.25) is 0 Å². The molecular formula is C14H12I2O12S4. The molecule has 2 aromatic rings. The second kappa shape index (κ2) is 8.64. The maximum Gasteiger partial charge on any atom is 0.295 e. The number of hydrogen-bond acceptors (Lipinski definition) is 8. The molecule has 0 saturated heterocycles. The minimum atomic E-state index is -5.20. The zero-order valence-corrected chi connectivity index (χ0v) is 23.2. The van der Waals surface area contributed by atoms with Crippen LogP contribution in [0.3, 0.4) is 0 Å². The molecule has 0 aliphatic heterocycles. The lowest BCUT2D eigenvalue weighted by Gasteiger charge is -2.19. The third-order valence-corrected chi connectivity index (χ3v) is 11.5. The van der Waals surface area contributed by atoms with Crippen LogP contribution in [0.5, 0.6) is 0 Å². The van der Waals surface area contributed by atoms with Crippen LogP contribution in [0.25, 0.3) is 11.1 Å². The Hall–Kier alpha value is -0.460. The summed E-state index contributed by atoms with van der Waals surface area (Å²) in [5, 5.41) is 0. The molecule has 0 spiro atoms. The van der Waals surface area contributed by atoms with Gasteiger partial charge in [0.15, 0.2) is 0 Å². The Morgan fingerprint density at radius 3 is 1.00 bits per heavy atom. The molecule has 0 heterocycles. The minimum Gasteiger partial charge on any atom is -0.282 e. The normalized spacial score (nSPS) is 13.4. The molecule has 0 saturated carbocycles. The van der Waals surface area contributed by atoms with Crippen LogP contribution in [0.4, 0.5) is 0 Å². The topological polar surface area (TPSA) is 217 Å². The van der Waals surface area contributed by atoms with Gasteiger partial charge in [-0.3, -0.25) is 18.2 Å². The Bertz CT molecular complexity index is 1470. The molecule has 0 unspecified atom stereocenters. The molecule has 0 amide bonds. The van der Waals surface area contributed by atoms with Crippen molar-refractivity contribution in [3.8, 4) is 11.1 Å². The van der Waals surface area contributed by atoms with Gasteiger partial charge in [0.05, 0.1) is 0 Å². The van der Waals surface area contributed by atoms with Crippen LogP contribution >= 0.6 is 45.2 Å². The third-order valence-electron chi connectivity index (χ3n) is 4.17. The van der Waals surface area contributed by atoms with Crippen LogP contribution < -0.4 is 0 Å². The monoisotopic (exact) mass is 754 g/mol. The van der Waals surface area contributed by atoms with Crippen molar-refractivity contribution in [2.24, 2.45) is 0 Å². The van der Waals surface area contributed by atoms with Gasteiger partial charge in [-0.2, -0.15) is 33.7 Å². The van der Waals surface area contributed by atoms with E-state index in [0.29, 0.717) is 12.1 Å². The Morgan fingerprint density at radius 2 is 0.812 bits per heavy atom. The summed E-state index contributed by atoms with van der Waals surface area (Å²) in [6.07, 6.45) is 0. The van der Waals surface area contributed by atoms with Crippen molar-refractivity contribution >= 4 is 85.7 Å². The smallest absolute Gasteiger partial charge is 0.282 e. The summed E-state index contributed by atoms with van der Waals surface area (Å²) in [6.45, 7) is 2.08. The lowest BCUT2D eigenvalue weighted by molar-refractivity contribution is 0.476. The molecule has 178 valence electrons. The zero-order chi connectivity index (χ0) is 25.2. The third kappa shape index (κ3) is 5.27. The number of rotatable bonds is 5. The van der Waals surface area contributed by atoms with E-state index in [-0.39, 0.29) is 7.14 Å². The van der Waals surface area contributed by atoms with Crippen molar-refractivity contribution in [1.82, 2.24) is 0 Å². The van der Waals surface area contributed by atoms with Crippen LogP contribution in [0.15, 0.2) is 31.7 Å². The van der Waals surface area contributed by atoms with Crippen molar-refractivity contribution in [3.63, 3.8) is 0 Å². The van der Waals surface area contributed by atoms with Crippen molar-refractivity contribution in [2.45, 2.75) is 33.4 Å². The summed E-state index contributed by atoms with van der Waals surface area (Å²) in [7, 11) is -20.4. The second-order valence-electron chi connectivity index (χ2n) is 6.28. The van der Waals surface area contributed by atoms with Gasteiger partial charge in [-0.25, -0.2) is 0 Å². The molecule has 12 nitrogen and oxygen atoms in total. The molecule has 0 radical (unpaired) electrons. The van der Waals surface area contributed by atoms with Gasteiger partial charge in [0.1, 0.15) is 19.6 Å². The van der Waals surface area contributed by atoms with E-state index < -0.39 is 82.3 Å². The van der Waals surface area contributed by atoms with Gasteiger partial charge in [-0.1, -0.05) is 0 Å². The molecule has 4 N–H and O–H groups in total. The fourth-order valence-electron chi connectivity index (χ4n) is 2.93. The maximum absolute atomic E-state index is 12.1. The fraction of sp³-hybridized carbons (Fsp3) is 0.143. The van der Waals surface area contributed by atoms with Gasteiger partial charge in [-0.15, -0.1) is 0 Å². The average molecular weight is 754 g/mol. The largest absolute Gasteiger partial charge is 0.295 e. The Kier molecular flexibility index (Phi) is 7.50. The van der Waals surface area contributed by atoms with Crippen LogP contribution in [-0.2, 0) is 40.5 Å². The first-order valence-electron chi connectivity index (χ1n) is 7.66. The second-order valence-corrected chi connectivity index (χ2v) is 13.9. The molecule has 0 aliphatic carbocycles. The van der Waals surface area contributed by atoms with Gasteiger partial charge in [-0.05, 0) is 82.3 Å². The fourth-order valence-corrected chi connectivity index (χ4v) is 8.98. The Morgan fingerprint density at radius 1 is 0.562 bits per heavy atom. The predicted molar refractivity (Wildman–Crippen MR) is 126 cm³/mol. The number of hydrogen-bond donors (Lipinski definition) is 4. The number of halogens is 2.